The van der Waals surface area contributed by atoms with E-state index in [9.17, 15) is 28.0 Å². The second-order valence-corrected chi connectivity index (χ2v) is 13.5. The predicted octanol–water partition coefficient (Wildman–Crippen LogP) is 4.79. The number of alkyl halides is 2. The molecule has 1 aromatic carbocycles. The number of carbonyl (C=O) groups excluding carboxylic acids is 4. The van der Waals surface area contributed by atoms with E-state index in [1.54, 1.807) is 24.3 Å². The average Bonchev–Trinajstić information content (AvgIpc) is 3.34. The Hall–Kier alpha value is -4.13. The number of amides is 1. The molecule has 47 heavy (non-hydrogen) atoms. The number of anilines is 1. The Kier molecular flexibility index (Phi) is 11.2. The number of Topliss-reactive ketones (excluding diaryl/α,β-unsaturated/α-hetero) is 1. The van der Waals surface area contributed by atoms with E-state index in [1.165, 1.54) is 11.6 Å². The fourth-order valence-electron chi connectivity index (χ4n) is 6.71. The molecule has 0 radical (unpaired) electrons. The topological polar surface area (TPSA) is 137 Å². The van der Waals surface area contributed by atoms with Gasteiger partial charge in [0.2, 0.25) is 0 Å². The lowest BCUT2D eigenvalue weighted by atomic mass is 9.75. The standard InChI is InChI=1S/C34H45F2N5O6/c1-7-14-40(21-8-11-23(12-9-21)47-29(44)16-24(19-39(5)6)46-20(2)42)26-15-22(10-13-25(26)33(37)45)41-27-17-34(3,4)18-28(43)30(27)31(38-41)32(35)36/h7,10,13,15,21,23-24,32H,1,8-9,11-12,14,16-19H2,2-6H3,(H2,37,45)/t21-,23-,24?. The van der Waals surface area contributed by atoms with Gasteiger partial charge in [0, 0.05) is 32.5 Å². The molecule has 1 fully saturated rings. The summed E-state index contributed by atoms with van der Waals surface area (Å²) in [5.74, 6) is -1.93. The Morgan fingerprint density at radius 2 is 1.85 bits per heavy atom. The van der Waals surface area contributed by atoms with Crippen LogP contribution in [-0.2, 0) is 25.5 Å². The van der Waals surface area contributed by atoms with E-state index < -0.39 is 41.5 Å². The number of aromatic nitrogens is 2. The minimum Gasteiger partial charge on any atom is -0.462 e. The summed E-state index contributed by atoms with van der Waals surface area (Å²) in [6, 6.07) is 4.77. The largest absolute Gasteiger partial charge is 0.462 e. The number of ether oxygens (including phenoxy) is 2. The first kappa shape index (κ1) is 35.7. The van der Waals surface area contributed by atoms with Gasteiger partial charge in [0.05, 0.1) is 34.6 Å². The molecule has 2 N–H and O–H groups in total. The number of primary amides is 1. The molecule has 0 saturated heterocycles. The smallest absolute Gasteiger partial charge is 0.309 e. The Bertz CT molecular complexity index is 1510. The van der Waals surface area contributed by atoms with Gasteiger partial charge in [0.25, 0.3) is 12.3 Å². The van der Waals surface area contributed by atoms with Gasteiger partial charge in [0.1, 0.15) is 17.9 Å². The number of rotatable bonds is 13. The van der Waals surface area contributed by atoms with Gasteiger partial charge in [-0.25, -0.2) is 13.5 Å². The summed E-state index contributed by atoms with van der Waals surface area (Å²) in [6.45, 7) is 9.77. The molecule has 0 bridgehead atoms. The third kappa shape index (κ3) is 8.62. The number of halogens is 2. The molecule has 256 valence electrons. The lowest BCUT2D eigenvalue weighted by Gasteiger charge is -2.38. The minimum atomic E-state index is -2.93. The van der Waals surface area contributed by atoms with Crippen molar-refractivity contribution < 1.29 is 37.4 Å². The molecule has 1 atom stereocenters. The van der Waals surface area contributed by atoms with Crippen LogP contribution in [0.3, 0.4) is 0 Å². The number of ketones is 1. The SMILES string of the molecule is C=CCN(c1cc(-n2nc(C(F)F)c3c2CC(C)(C)CC3=O)ccc1C(N)=O)[C@H]1CC[C@H](OC(=O)CC(CN(C)C)OC(C)=O)CC1. The second kappa shape index (κ2) is 14.7. The Morgan fingerprint density at radius 3 is 2.43 bits per heavy atom. The fourth-order valence-corrected chi connectivity index (χ4v) is 6.71. The summed E-state index contributed by atoms with van der Waals surface area (Å²) in [7, 11) is 3.64. The molecule has 2 aliphatic carbocycles. The van der Waals surface area contributed by atoms with Crippen LogP contribution in [0.2, 0.25) is 0 Å². The van der Waals surface area contributed by atoms with Crippen LogP contribution in [0.15, 0.2) is 30.9 Å². The number of hydrogen-bond acceptors (Lipinski definition) is 9. The summed E-state index contributed by atoms with van der Waals surface area (Å²) < 4.78 is 40.6. The Labute approximate surface area is 274 Å². The van der Waals surface area contributed by atoms with Crippen LogP contribution in [0.25, 0.3) is 5.69 Å². The molecular formula is C34H45F2N5O6. The molecular weight excluding hydrogens is 612 g/mol. The maximum absolute atomic E-state index is 14.1. The van der Waals surface area contributed by atoms with Crippen LogP contribution >= 0.6 is 0 Å². The van der Waals surface area contributed by atoms with Crippen molar-refractivity contribution in [1.29, 1.82) is 0 Å². The van der Waals surface area contributed by atoms with E-state index in [2.05, 4.69) is 11.7 Å². The number of carbonyl (C=O) groups is 4. The first-order valence-corrected chi connectivity index (χ1v) is 15.9. The molecule has 1 unspecified atom stereocenters. The van der Waals surface area contributed by atoms with Gasteiger partial charge >= 0.3 is 11.9 Å². The van der Waals surface area contributed by atoms with E-state index in [-0.39, 0.29) is 41.9 Å². The number of likely N-dealkylation sites (N-methyl/N-ethyl adjacent to an activating group) is 1. The van der Waals surface area contributed by atoms with Crippen molar-refractivity contribution in [2.75, 3.05) is 32.1 Å². The third-order valence-corrected chi connectivity index (χ3v) is 8.58. The lowest BCUT2D eigenvalue weighted by Crippen LogP contribution is -2.41. The van der Waals surface area contributed by atoms with Gasteiger partial charge in [0.15, 0.2) is 5.78 Å². The summed E-state index contributed by atoms with van der Waals surface area (Å²) in [4.78, 5) is 53.7. The van der Waals surface area contributed by atoms with Crippen molar-refractivity contribution in [2.45, 2.75) is 90.4 Å². The predicted molar refractivity (Wildman–Crippen MR) is 172 cm³/mol. The van der Waals surface area contributed by atoms with Crippen molar-refractivity contribution >= 4 is 29.3 Å². The van der Waals surface area contributed by atoms with E-state index in [4.69, 9.17) is 15.2 Å². The first-order chi connectivity index (χ1) is 22.1. The van der Waals surface area contributed by atoms with Crippen molar-refractivity contribution in [2.24, 2.45) is 11.1 Å². The van der Waals surface area contributed by atoms with Gasteiger partial charge in [-0.1, -0.05) is 19.9 Å². The molecule has 2 aromatic rings. The van der Waals surface area contributed by atoms with Crippen LogP contribution in [0.5, 0.6) is 0 Å². The Balaban J connectivity index is 1.58. The second-order valence-electron chi connectivity index (χ2n) is 13.5. The molecule has 11 nitrogen and oxygen atoms in total. The molecule has 0 spiro atoms. The summed E-state index contributed by atoms with van der Waals surface area (Å²) in [5, 5.41) is 4.21. The average molecular weight is 658 g/mol. The fraction of sp³-hybridized carbons (Fsp3) is 0.559. The van der Waals surface area contributed by atoms with Crippen LogP contribution in [0.1, 0.15) is 97.8 Å². The van der Waals surface area contributed by atoms with E-state index >= 15 is 0 Å². The summed E-state index contributed by atoms with van der Waals surface area (Å²) >= 11 is 0. The van der Waals surface area contributed by atoms with Crippen molar-refractivity contribution in [1.82, 2.24) is 14.7 Å². The van der Waals surface area contributed by atoms with E-state index in [1.807, 2.05) is 37.7 Å². The maximum atomic E-state index is 14.1. The molecule has 1 amide bonds. The molecule has 13 heteroatoms. The quantitative estimate of drug-likeness (QED) is 0.238. The number of nitrogens with two attached hydrogens (primary N) is 1. The highest BCUT2D eigenvalue weighted by Crippen LogP contribution is 2.40. The number of fused-ring (bicyclic) bond motifs is 1. The highest BCUT2D eigenvalue weighted by atomic mass is 19.3. The molecule has 2 aliphatic rings. The monoisotopic (exact) mass is 657 g/mol. The number of benzene rings is 1. The van der Waals surface area contributed by atoms with E-state index in [0.717, 1.165) is 0 Å². The van der Waals surface area contributed by atoms with Crippen LogP contribution < -0.4 is 10.6 Å². The molecule has 1 saturated carbocycles. The van der Waals surface area contributed by atoms with Gasteiger partial charge in [-0.3, -0.25) is 19.2 Å². The van der Waals surface area contributed by atoms with Gasteiger partial charge in [-0.2, -0.15) is 5.10 Å². The van der Waals surface area contributed by atoms with Gasteiger partial charge in [-0.15, -0.1) is 6.58 Å². The molecule has 1 heterocycles. The highest BCUT2D eigenvalue weighted by molar-refractivity contribution is 6.01. The van der Waals surface area contributed by atoms with Crippen LogP contribution in [0, 0.1) is 5.41 Å². The Morgan fingerprint density at radius 1 is 1.17 bits per heavy atom. The number of hydrogen-bond donors (Lipinski definition) is 1. The first-order valence-electron chi connectivity index (χ1n) is 15.9. The van der Waals surface area contributed by atoms with Crippen molar-refractivity contribution in [3.8, 4) is 5.69 Å². The summed E-state index contributed by atoms with van der Waals surface area (Å²) in [5.41, 5.74) is 6.36. The number of esters is 2. The van der Waals surface area contributed by atoms with Crippen LogP contribution in [-0.4, -0.2) is 83.7 Å². The molecule has 1 aromatic heterocycles. The van der Waals surface area contributed by atoms with Gasteiger partial charge < -0.3 is 25.0 Å². The summed E-state index contributed by atoms with van der Waals surface area (Å²) in [6.07, 6.45) is 0.652. The zero-order valence-electron chi connectivity index (χ0n) is 27.8. The zero-order valence-corrected chi connectivity index (χ0v) is 27.8. The van der Waals surface area contributed by atoms with Crippen molar-refractivity contribution in [3.05, 3.63) is 53.4 Å². The zero-order chi connectivity index (χ0) is 34.6. The van der Waals surface area contributed by atoms with Crippen molar-refractivity contribution in [3.63, 3.8) is 0 Å². The third-order valence-electron chi connectivity index (χ3n) is 8.58. The van der Waals surface area contributed by atoms with Gasteiger partial charge in [-0.05, 0) is 69.8 Å². The van der Waals surface area contributed by atoms with E-state index in [0.29, 0.717) is 62.3 Å². The molecule has 4 rings (SSSR count). The maximum Gasteiger partial charge on any atom is 0.309 e. The highest BCUT2D eigenvalue weighted by Gasteiger charge is 2.39. The number of nitrogens with zero attached hydrogens (tertiary/aromatic N) is 4. The molecule has 0 aliphatic heterocycles. The minimum absolute atomic E-state index is 0.0310. The van der Waals surface area contributed by atoms with Crippen LogP contribution in [0.4, 0.5) is 14.5 Å². The normalized spacial score (nSPS) is 19.6. The lowest BCUT2D eigenvalue weighted by molar-refractivity contribution is -0.158.